The predicted octanol–water partition coefficient (Wildman–Crippen LogP) is 1.60. The molecule has 0 saturated carbocycles. The number of carbonyl (C=O) groups excluding carboxylic acids is 1. The number of halogens is 1. The number of nitrogen functional groups attached to an aromatic ring is 1. The first-order valence-electron chi connectivity index (χ1n) is 12.7. The number of piperazine rings is 1. The van der Waals surface area contributed by atoms with Gasteiger partial charge in [-0.3, -0.25) is 9.69 Å². The van der Waals surface area contributed by atoms with Crippen LogP contribution in [0.3, 0.4) is 0 Å². The maximum Gasteiger partial charge on any atom is 0.251 e. The van der Waals surface area contributed by atoms with Gasteiger partial charge in [0.25, 0.3) is 5.91 Å². The summed E-state index contributed by atoms with van der Waals surface area (Å²) in [5.74, 6) is 0.0727. The Morgan fingerprint density at radius 2 is 2.00 bits per heavy atom. The van der Waals surface area contributed by atoms with Gasteiger partial charge >= 0.3 is 0 Å². The fourth-order valence-corrected chi connectivity index (χ4v) is 4.91. The van der Waals surface area contributed by atoms with Crippen LogP contribution in [-0.4, -0.2) is 86.2 Å². The lowest BCUT2D eigenvalue weighted by atomic mass is 10.1. The molecule has 0 spiro atoms. The summed E-state index contributed by atoms with van der Waals surface area (Å²) in [5, 5.41) is 21.3. The smallest absolute Gasteiger partial charge is 0.251 e. The lowest BCUT2D eigenvalue weighted by molar-refractivity contribution is 0.0944. The molecule has 5 aromatic rings. The van der Waals surface area contributed by atoms with Crippen LogP contribution in [0.4, 0.5) is 16.0 Å². The molecule has 1 fully saturated rings. The molecule has 5 heterocycles. The normalized spacial score (nSPS) is 14.5. The van der Waals surface area contributed by atoms with Crippen LogP contribution in [0.15, 0.2) is 53.3 Å². The fourth-order valence-electron chi connectivity index (χ4n) is 4.91. The average molecular weight is 534 g/mol. The van der Waals surface area contributed by atoms with E-state index in [1.807, 2.05) is 27.8 Å². The standard InChI is InChI=1S/C26H28FN9O3/c27-19-14-17(25(38)29-5-12-37)3-4-21(19)34-9-6-33(7-10-34)8-11-35-24-18(16-30-35)22-15-20(23-2-1-13-39-23)32-36(22)26(28)31-24/h1-4,13-16,37H,5-12H2,(H2,28,31)(H,29,38). The van der Waals surface area contributed by atoms with E-state index < -0.39 is 11.7 Å². The molecular formula is C26H28FN9O3. The maximum absolute atomic E-state index is 14.8. The van der Waals surface area contributed by atoms with Crippen LogP contribution in [0, 0.1) is 5.82 Å². The van der Waals surface area contributed by atoms with Gasteiger partial charge in [0.2, 0.25) is 5.95 Å². The number of amides is 1. The minimum absolute atomic E-state index is 0.128. The van der Waals surface area contributed by atoms with E-state index >= 15 is 0 Å². The summed E-state index contributed by atoms with van der Waals surface area (Å²) < 4.78 is 23.7. The number of rotatable bonds is 8. The van der Waals surface area contributed by atoms with Gasteiger partial charge in [0.1, 0.15) is 11.5 Å². The number of hydrogen-bond donors (Lipinski definition) is 3. The molecular weight excluding hydrogens is 505 g/mol. The summed E-state index contributed by atoms with van der Waals surface area (Å²) in [4.78, 5) is 20.9. The third-order valence-electron chi connectivity index (χ3n) is 6.96. The Morgan fingerprint density at radius 3 is 2.74 bits per heavy atom. The van der Waals surface area contributed by atoms with Crippen molar-refractivity contribution in [2.75, 3.05) is 56.5 Å². The topological polar surface area (TPSA) is 143 Å². The van der Waals surface area contributed by atoms with E-state index in [1.165, 1.54) is 6.07 Å². The zero-order valence-corrected chi connectivity index (χ0v) is 21.1. The number of aliphatic hydroxyl groups is 1. The molecule has 0 radical (unpaired) electrons. The second-order valence-electron chi connectivity index (χ2n) is 9.35. The van der Waals surface area contributed by atoms with Crippen molar-refractivity contribution in [2.45, 2.75) is 6.54 Å². The molecule has 1 aliphatic heterocycles. The minimum Gasteiger partial charge on any atom is -0.463 e. The predicted molar refractivity (Wildman–Crippen MR) is 143 cm³/mol. The third-order valence-corrected chi connectivity index (χ3v) is 6.96. The molecule has 4 aromatic heterocycles. The molecule has 1 aliphatic rings. The van der Waals surface area contributed by atoms with Crippen molar-refractivity contribution >= 4 is 34.1 Å². The molecule has 1 amide bonds. The van der Waals surface area contributed by atoms with Gasteiger partial charge in [-0.25, -0.2) is 9.07 Å². The molecule has 1 aromatic carbocycles. The van der Waals surface area contributed by atoms with Crippen molar-refractivity contribution in [1.29, 1.82) is 0 Å². The van der Waals surface area contributed by atoms with Crippen LogP contribution in [0.1, 0.15) is 10.4 Å². The molecule has 4 N–H and O–H groups in total. The number of carbonyl (C=O) groups is 1. The highest BCUT2D eigenvalue weighted by atomic mass is 19.1. The fraction of sp³-hybridized carbons (Fsp3) is 0.308. The Kier molecular flexibility index (Phi) is 6.59. The SMILES string of the molecule is Nc1nc2c(cnn2CCN2CCN(c3ccc(C(=O)NCCO)cc3F)CC2)c2cc(-c3ccco3)nn12. The number of nitrogens with one attached hydrogen (secondary N) is 1. The van der Waals surface area contributed by atoms with Gasteiger partial charge in [-0.05, 0) is 36.4 Å². The zero-order chi connectivity index (χ0) is 26.9. The second kappa shape index (κ2) is 10.3. The van der Waals surface area contributed by atoms with E-state index in [0.717, 1.165) is 30.5 Å². The third kappa shape index (κ3) is 4.77. The van der Waals surface area contributed by atoms with E-state index in [4.69, 9.17) is 15.3 Å². The van der Waals surface area contributed by atoms with E-state index in [9.17, 15) is 9.18 Å². The summed E-state index contributed by atoms with van der Waals surface area (Å²) >= 11 is 0. The summed E-state index contributed by atoms with van der Waals surface area (Å²) in [6, 6.07) is 10.0. The first-order valence-corrected chi connectivity index (χ1v) is 12.7. The Hall–Kier alpha value is -4.49. The van der Waals surface area contributed by atoms with E-state index in [2.05, 4.69) is 25.4 Å². The molecule has 0 aliphatic carbocycles. The molecule has 6 rings (SSSR count). The minimum atomic E-state index is -0.437. The average Bonchev–Trinajstić information content (AvgIpc) is 3.71. The number of hydrogen-bond acceptors (Lipinski definition) is 9. The second-order valence-corrected chi connectivity index (χ2v) is 9.35. The number of anilines is 2. The quantitative estimate of drug-likeness (QED) is 0.271. The Labute approximate surface area is 222 Å². The summed E-state index contributed by atoms with van der Waals surface area (Å²) in [6.07, 6.45) is 3.38. The molecule has 39 heavy (non-hydrogen) atoms. The van der Waals surface area contributed by atoms with Crippen molar-refractivity contribution in [3.63, 3.8) is 0 Å². The maximum atomic E-state index is 14.8. The number of furan rings is 1. The van der Waals surface area contributed by atoms with Gasteiger partial charge < -0.3 is 25.5 Å². The van der Waals surface area contributed by atoms with Crippen LogP contribution in [-0.2, 0) is 6.54 Å². The number of nitrogens with two attached hydrogens (primary N) is 1. The van der Waals surface area contributed by atoms with Crippen molar-refractivity contribution in [3.05, 3.63) is 60.2 Å². The Balaban J connectivity index is 1.10. The molecule has 1 saturated heterocycles. The van der Waals surface area contributed by atoms with Crippen molar-refractivity contribution < 1.29 is 18.7 Å². The molecule has 202 valence electrons. The van der Waals surface area contributed by atoms with Crippen LogP contribution < -0.4 is 16.0 Å². The number of benzene rings is 1. The molecule has 13 heteroatoms. The van der Waals surface area contributed by atoms with Crippen molar-refractivity contribution in [2.24, 2.45) is 0 Å². The van der Waals surface area contributed by atoms with Gasteiger partial charge in [0.05, 0.1) is 42.2 Å². The van der Waals surface area contributed by atoms with Crippen molar-refractivity contribution in [1.82, 2.24) is 34.6 Å². The Morgan fingerprint density at radius 1 is 1.15 bits per heavy atom. The van der Waals surface area contributed by atoms with Crippen LogP contribution in [0.5, 0.6) is 0 Å². The Bertz CT molecular complexity index is 1620. The van der Waals surface area contributed by atoms with E-state index in [-0.39, 0.29) is 24.7 Å². The molecule has 0 bridgehead atoms. The zero-order valence-electron chi connectivity index (χ0n) is 21.1. The van der Waals surface area contributed by atoms with E-state index in [0.29, 0.717) is 42.4 Å². The van der Waals surface area contributed by atoms with Crippen LogP contribution in [0.25, 0.3) is 28.0 Å². The molecule has 0 unspecified atom stereocenters. The number of aliphatic hydroxyl groups excluding tert-OH is 1. The van der Waals surface area contributed by atoms with Crippen LogP contribution >= 0.6 is 0 Å². The van der Waals surface area contributed by atoms with E-state index in [1.54, 1.807) is 29.1 Å². The molecule has 0 atom stereocenters. The number of nitrogens with zero attached hydrogens (tertiary/aromatic N) is 7. The van der Waals surface area contributed by atoms with Crippen molar-refractivity contribution in [3.8, 4) is 11.5 Å². The van der Waals surface area contributed by atoms with Gasteiger partial charge in [-0.2, -0.15) is 19.7 Å². The van der Waals surface area contributed by atoms with Gasteiger partial charge in [0, 0.05) is 44.8 Å². The van der Waals surface area contributed by atoms with Crippen LogP contribution in [0.2, 0.25) is 0 Å². The van der Waals surface area contributed by atoms with Gasteiger partial charge in [-0.1, -0.05) is 0 Å². The highest BCUT2D eigenvalue weighted by Crippen LogP contribution is 2.27. The number of fused-ring (bicyclic) bond motifs is 3. The van der Waals surface area contributed by atoms with Gasteiger partial charge in [0.15, 0.2) is 11.4 Å². The lowest BCUT2D eigenvalue weighted by Crippen LogP contribution is -2.47. The lowest BCUT2D eigenvalue weighted by Gasteiger charge is -2.36. The highest BCUT2D eigenvalue weighted by molar-refractivity contribution is 5.95. The molecule has 12 nitrogen and oxygen atoms in total. The summed E-state index contributed by atoms with van der Waals surface area (Å²) in [7, 11) is 0. The summed E-state index contributed by atoms with van der Waals surface area (Å²) in [5.41, 5.74) is 9.10. The largest absolute Gasteiger partial charge is 0.463 e. The summed E-state index contributed by atoms with van der Waals surface area (Å²) in [6.45, 7) is 4.16. The monoisotopic (exact) mass is 533 g/mol. The number of aromatic nitrogens is 5. The first-order chi connectivity index (χ1) is 19.0. The van der Waals surface area contributed by atoms with Gasteiger partial charge in [-0.15, -0.1) is 0 Å². The first kappa shape index (κ1) is 24.8. The highest BCUT2D eigenvalue weighted by Gasteiger charge is 2.21.